The van der Waals surface area contributed by atoms with Crippen molar-refractivity contribution in [2.45, 2.75) is 39.0 Å². The van der Waals surface area contributed by atoms with Crippen LogP contribution >= 0.6 is 12.2 Å². The summed E-state index contributed by atoms with van der Waals surface area (Å²) in [6.45, 7) is 3.51. The van der Waals surface area contributed by atoms with Gasteiger partial charge in [-0.25, -0.2) is 4.68 Å². The quantitative estimate of drug-likeness (QED) is 0.642. The van der Waals surface area contributed by atoms with Gasteiger partial charge >= 0.3 is 0 Å². The molecule has 0 saturated carbocycles. The van der Waals surface area contributed by atoms with Crippen LogP contribution in [-0.4, -0.2) is 26.3 Å². The van der Waals surface area contributed by atoms with Crippen molar-refractivity contribution in [3.05, 3.63) is 58.6 Å². The smallest absolute Gasteiger partial charge is 0.199 e. The summed E-state index contributed by atoms with van der Waals surface area (Å²) < 4.78 is 10.2. The monoisotopic (exact) mass is 354 g/mol. The molecule has 130 valence electrons. The van der Waals surface area contributed by atoms with Crippen LogP contribution in [0.15, 0.2) is 47.1 Å². The molecule has 2 heterocycles. The van der Waals surface area contributed by atoms with Gasteiger partial charge in [0.15, 0.2) is 16.4 Å². The summed E-state index contributed by atoms with van der Waals surface area (Å²) in [5.74, 6) is 1.54. The highest BCUT2D eigenvalue weighted by atomic mass is 32.1. The van der Waals surface area contributed by atoms with Crippen LogP contribution in [0.2, 0.25) is 0 Å². The van der Waals surface area contributed by atoms with Crippen LogP contribution in [0.3, 0.4) is 0 Å². The van der Waals surface area contributed by atoms with E-state index >= 15 is 0 Å². The molecule has 2 aromatic heterocycles. The Bertz CT molecular complexity index is 925. The molecule has 1 atom stereocenters. The fourth-order valence-electron chi connectivity index (χ4n) is 3.71. The molecule has 0 aliphatic heterocycles. The average Bonchev–Trinajstić information content (AvgIpc) is 3.34. The van der Waals surface area contributed by atoms with Gasteiger partial charge in [-0.15, -0.1) is 5.10 Å². The number of benzene rings is 1. The fraction of sp³-hybridized carbons (Fsp3) is 0.368. The Morgan fingerprint density at radius 2 is 2.12 bits per heavy atom. The minimum atomic E-state index is 0.414. The second-order valence-corrected chi connectivity index (χ2v) is 6.84. The molecule has 0 spiro atoms. The predicted molar refractivity (Wildman–Crippen MR) is 99.7 cm³/mol. The molecular formula is C19H22N4OS. The van der Waals surface area contributed by atoms with E-state index in [-0.39, 0.29) is 0 Å². The topological polar surface area (TPSA) is 39.1 Å². The molecule has 0 N–H and O–H groups in total. The van der Waals surface area contributed by atoms with Gasteiger partial charge in [0, 0.05) is 12.6 Å². The maximum atomic E-state index is 5.65. The normalized spacial score (nSPS) is 16.5. The highest BCUT2D eigenvalue weighted by molar-refractivity contribution is 7.71. The molecule has 25 heavy (non-hydrogen) atoms. The summed E-state index contributed by atoms with van der Waals surface area (Å²) in [5, 5.41) is 4.73. The average molecular weight is 354 g/mol. The van der Waals surface area contributed by atoms with Gasteiger partial charge in [0.2, 0.25) is 0 Å². The fourth-order valence-corrected chi connectivity index (χ4v) is 4.02. The van der Waals surface area contributed by atoms with Gasteiger partial charge in [0.25, 0.3) is 0 Å². The third-order valence-electron chi connectivity index (χ3n) is 4.97. The standard InChI is InChI=1S/C19H22N4OS/c1-3-22-18(17-9-6-12-24-17)20-23(19(22)25)13-21(2)16-11-10-14-7-4-5-8-15(14)16/h4-9,12,16H,3,10-11,13H2,1-2H3. The Morgan fingerprint density at radius 3 is 2.88 bits per heavy atom. The molecule has 0 fully saturated rings. The molecule has 0 saturated heterocycles. The van der Waals surface area contributed by atoms with Crippen molar-refractivity contribution >= 4 is 12.2 Å². The zero-order chi connectivity index (χ0) is 17.4. The summed E-state index contributed by atoms with van der Waals surface area (Å²) in [7, 11) is 2.14. The van der Waals surface area contributed by atoms with E-state index in [2.05, 4.69) is 43.1 Å². The van der Waals surface area contributed by atoms with Crippen molar-refractivity contribution in [3.8, 4) is 11.6 Å². The Hall–Kier alpha value is -2.18. The van der Waals surface area contributed by atoms with Gasteiger partial charge in [-0.1, -0.05) is 24.3 Å². The van der Waals surface area contributed by atoms with E-state index in [4.69, 9.17) is 21.7 Å². The number of nitrogens with zero attached hydrogens (tertiary/aromatic N) is 4. The molecule has 1 unspecified atom stereocenters. The SMILES string of the molecule is CCn1c(-c2ccco2)nn(CN(C)C2CCc3ccccc32)c1=S. The van der Waals surface area contributed by atoms with Gasteiger partial charge in [0.05, 0.1) is 12.9 Å². The molecule has 0 radical (unpaired) electrons. The lowest BCUT2D eigenvalue weighted by atomic mass is 10.1. The lowest BCUT2D eigenvalue weighted by Gasteiger charge is -2.24. The van der Waals surface area contributed by atoms with E-state index in [1.807, 2.05) is 21.4 Å². The van der Waals surface area contributed by atoms with Crippen LogP contribution in [0.25, 0.3) is 11.6 Å². The summed E-state index contributed by atoms with van der Waals surface area (Å²) in [6.07, 6.45) is 3.94. The zero-order valence-electron chi connectivity index (χ0n) is 14.6. The minimum absolute atomic E-state index is 0.414. The largest absolute Gasteiger partial charge is 0.461 e. The Labute approximate surface area is 152 Å². The second-order valence-electron chi connectivity index (χ2n) is 6.48. The first kappa shape index (κ1) is 16.3. The second kappa shape index (κ2) is 6.61. The van der Waals surface area contributed by atoms with Crippen LogP contribution in [0.1, 0.15) is 30.5 Å². The van der Waals surface area contributed by atoms with E-state index < -0.39 is 0 Å². The maximum Gasteiger partial charge on any atom is 0.199 e. The number of rotatable bonds is 5. The van der Waals surface area contributed by atoms with Crippen LogP contribution in [0, 0.1) is 4.77 Å². The summed E-state index contributed by atoms with van der Waals surface area (Å²) in [6, 6.07) is 12.9. The highest BCUT2D eigenvalue weighted by Gasteiger charge is 2.26. The molecule has 1 aliphatic carbocycles. The zero-order valence-corrected chi connectivity index (χ0v) is 15.4. The Kier molecular flexibility index (Phi) is 4.31. The van der Waals surface area contributed by atoms with E-state index in [9.17, 15) is 0 Å². The maximum absolute atomic E-state index is 5.65. The molecule has 6 heteroatoms. The van der Waals surface area contributed by atoms with Gasteiger partial charge < -0.3 is 4.42 Å². The van der Waals surface area contributed by atoms with Gasteiger partial charge in [-0.3, -0.25) is 9.47 Å². The molecule has 4 rings (SSSR count). The number of fused-ring (bicyclic) bond motifs is 1. The number of hydrogen-bond acceptors (Lipinski definition) is 4. The molecule has 1 aliphatic rings. The van der Waals surface area contributed by atoms with Crippen molar-refractivity contribution < 1.29 is 4.42 Å². The van der Waals surface area contributed by atoms with Crippen molar-refractivity contribution in [1.82, 2.24) is 19.2 Å². The lowest BCUT2D eigenvalue weighted by molar-refractivity contribution is 0.182. The van der Waals surface area contributed by atoms with Crippen LogP contribution in [-0.2, 0) is 19.6 Å². The van der Waals surface area contributed by atoms with Crippen molar-refractivity contribution in [2.24, 2.45) is 0 Å². The van der Waals surface area contributed by atoms with Crippen molar-refractivity contribution in [1.29, 1.82) is 0 Å². The van der Waals surface area contributed by atoms with Gasteiger partial charge in [-0.2, -0.15) is 0 Å². The molecule has 0 amide bonds. The number of aryl methyl sites for hydroxylation is 1. The first-order valence-corrected chi connectivity index (χ1v) is 9.09. The third-order valence-corrected chi connectivity index (χ3v) is 5.40. The van der Waals surface area contributed by atoms with Crippen LogP contribution in [0.5, 0.6) is 0 Å². The molecule has 3 aromatic rings. The van der Waals surface area contributed by atoms with E-state index in [1.165, 1.54) is 11.1 Å². The number of furan rings is 1. The first-order chi connectivity index (χ1) is 12.2. The van der Waals surface area contributed by atoms with Crippen molar-refractivity contribution in [2.75, 3.05) is 7.05 Å². The van der Waals surface area contributed by atoms with Crippen LogP contribution < -0.4 is 0 Å². The molecule has 0 bridgehead atoms. The first-order valence-electron chi connectivity index (χ1n) is 8.68. The Balaban J connectivity index is 1.62. The minimum Gasteiger partial charge on any atom is -0.461 e. The predicted octanol–water partition coefficient (Wildman–Crippen LogP) is 4.27. The van der Waals surface area contributed by atoms with Crippen LogP contribution in [0.4, 0.5) is 0 Å². The highest BCUT2D eigenvalue weighted by Crippen LogP contribution is 2.35. The number of aromatic nitrogens is 3. The Morgan fingerprint density at radius 1 is 1.28 bits per heavy atom. The lowest BCUT2D eigenvalue weighted by Crippen LogP contribution is -2.26. The van der Waals surface area contributed by atoms with Gasteiger partial charge in [0.1, 0.15) is 0 Å². The van der Waals surface area contributed by atoms with Gasteiger partial charge in [-0.05, 0) is 62.3 Å². The third kappa shape index (κ3) is 2.85. The molecular weight excluding hydrogens is 332 g/mol. The summed E-state index contributed by atoms with van der Waals surface area (Å²) in [4.78, 5) is 2.33. The van der Waals surface area contributed by atoms with Crippen molar-refractivity contribution in [3.63, 3.8) is 0 Å². The summed E-state index contributed by atoms with van der Waals surface area (Å²) in [5.41, 5.74) is 2.89. The van der Waals surface area contributed by atoms with E-state index in [0.717, 1.165) is 35.7 Å². The summed E-state index contributed by atoms with van der Waals surface area (Å²) >= 11 is 5.65. The molecule has 1 aromatic carbocycles. The molecule has 5 nitrogen and oxygen atoms in total. The number of hydrogen-bond donors (Lipinski definition) is 0. The van der Waals surface area contributed by atoms with E-state index in [0.29, 0.717) is 12.7 Å². The van der Waals surface area contributed by atoms with E-state index in [1.54, 1.807) is 6.26 Å².